The minimum absolute atomic E-state index is 0.0555. The Kier molecular flexibility index (Phi) is 12.0. The first-order chi connectivity index (χ1) is 35.3. The number of nitrogen functional groups attached to an aromatic ring is 2. The Hall–Kier alpha value is -8.12. The van der Waals surface area contributed by atoms with Crippen molar-refractivity contribution in [2.45, 2.75) is 94.7 Å². The highest BCUT2D eigenvalue weighted by Gasteiger charge is 2.51. The summed E-state index contributed by atoms with van der Waals surface area (Å²) in [4.78, 5) is 48.6. The fraction of sp³-hybridized carbons (Fsp3) is 0.288. The monoisotopic (exact) mass is 970 g/mol. The molecule has 4 fully saturated rings. The number of rotatable bonds is 9. The Balaban J connectivity index is 0.000000157. The lowest BCUT2D eigenvalue weighted by Crippen LogP contribution is -2.40. The number of amides is 2. The van der Waals surface area contributed by atoms with E-state index < -0.39 is 11.2 Å². The zero-order valence-corrected chi connectivity index (χ0v) is 41.1. The maximum absolute atomic E-state index is 13.0. The van der Waals surface area contributed by atoms with Crippen molar-refractivity contribution < 1.29 is 19.8 Å². The average Bonchev–Trinajstić information content (AvgIpc) is 4.31. The number of benzene rings is 4. The van der Waals surface area contributed by atoms with Crippen molar-refractivity contribution >= 4 is 34.5 Å². The third-order valence-electron chi connectivity index (χ3n) is 15.9. The molecule has 0 spiro atoms. The molecular formula is C59H58N10O4. The number of nitrogens with zero attached hydrogens (tertiary/aromatic N) is 8. The smallest absolute Gasteiger partial charge is 0.299 e. The predicted octanol–water partition coefficient (Wildman–Crippen LogP) is 8.78. The number of carbonyl (C=O) groups excluding carboxylic acids is 2. The molecule has 6 unspecified atom stereocenters. The number of carbonyl (C=O) groups is 2. The summed E-state index contributed by atoms with van der Waals surface area (Å²) in [7, 11) is 0. The number of hydrogen-bond acceptors (Lipinski definition) is 10. The Morgan fingerprint density at radius 1 is 0.630 bits per heavy atom. The molecule has 2 saturated heterocycles. The third-order valence-corrected chi connectivity index (χ3v) is 15.9. The van der Waals surface area contributed by atoms with Crippen LogP contribution in [-0.4, -0.2) is 72.6 Å². The number of piperidine rings is 2. The molecule has 2 aliphatic heterocycles. The molecule has 4 aromatic carbocycles. The summed E-state index contributed by atoms with van der Waals surface area (Å²) in [6.45, 7) is 9.01. The zero-order chi connectivity index (χ0) is 50.8. The van der Waals surface area contributed by atoms with Gasteiger partial charge in [-0.25, -0.2) is 19.9 Å². The van der Waals surface area contributed by atoms with Crippen LogP contribution in [-0.2, 0) is 20.8 Å². The number of hydrogen-bond donors (Lipinski definition) is 4. The van der Waals surface area contributed by atoms with E-state index in [-0.39, 0.29) is 36.0 Å². The molecule has 6 N–H and O–H groups in total. The molecule has 4 bridgehead atoms. The van der Waals surface area contributed by atoms with E-state index in [1.807, 2.05) is 140 Å². The van der Waals surface area contributed by atoms with Gasteiger partial charge in [-0.05, 0) is 105 Å². The standard InChI is InChI=1S/C30H29N5O2.C29H29N5O2/c1-3-7-24(36)35-23-15-12-20(18-23)26(35)29-33-25(27-28(31)32-16-17-34(27)29)19-10-13-22(14-11-19)30(2,37)21-8-5-4-6-9-21;1-3-23(35)34-22-14-11-19(17-22)25(34)28-32-24(26-27(30)31-15-16-33(26)28)18-9-12-21(13-10-18)29(2,36)20-7-5-4-6-8-20/h4-6,8-11,13-14,16-17,20,23,26,37H,12,15,18H2,1-2H3,(H2,31,32);3-10,12-13,15-16,19,22,25,36H,1,11,14,17H2,2H3,(H2,30,31)/t20-,23?,26?,30?;19-,22?,25?,29?/m00/s1. The second-order valence-electron chi connectivity index (χ2n) is 20.1. The van der Waals surface area contributed by atoms with Gasteiger partial charge < -0.3 is 31.5 Å². The van der Waals surface area contributed by atoms with Crippen LogP contribution in [0.1, 0.15) is 105 Å². The lowest BCUT2D eigenvalue weighted by Gasteiger charge is -2.33. The molecule has 6 heterocycles. The minimum atomic E-state index is -1.13. The number of likely N-dealkylation sites (tertiary alicyclic amines) is 2. The van der Waals surface area contributed by atoms with Gasteiger partial charge in [-0.2, -0.15) is 0 Å². The van der Waals surface area contributed by atoms with Gasteiger partial charge in [0.2, 0.25) is 5.91 Å². The first kappa shape index (κ1) is 47.2. The summed E-state index contributed by atoms with van der Waals surface area (Å²) >= 11 is 0. The molecule has 4 aliphatic rings. The maximum atomic E-state index is 13.0. The highest BCUT2D eigenvalue weighted by molar-refractivity contribution is 5.94. The Morgan fingerprint density at radius 3 is 1.47 bits per heavy atom. The Labute approximate surface area is 424 Å². The molecule has 0 radical (unpaired) electrons. The number of aromatic nitrogens is 6. The normalized spacial score (nSPS) is 22.3. The highest BCUT2D eigenvalue weighted by atomic mass is 16.3. The van der Waals surface area contributed by atoms with Gasteiger partial charge in [-0.3, -0.25) is 18.4 Å². The number of fused-ring (bicyclic) bond motifs is 6. The molecule has 12 rings (SSSR count). The second kappa shape index (κ2) is 18.5. The van der Waals surface area contributed by atoms with Crippen molar-refractivity contribution in [2.75, 3.05) is 11.5 Å². The summed E-state index contributed by atoms with van der Waals surface area (Å²) in [5.74, 6) is 8.36. The molecule has 14 nitrogen and oxygen atoms in total. The van der Waals surface area contributed by atoms with Crippen LogP contribution in [0.2, 0.25) is 0 Å². The number of imidazole rings is 2. The van der Waals surface area contributed by atoms with Gasteiger partial charge in [0.1, 0.15) is 56.9 Å². The summed E-state index contributed by atoms with van der Waals surface area (Å²) in [6.07, 6.45) is 14.6. The van der Waals surface area contributed by atoms with E-state index in [2.05, 4.69) is 28.4 Å². The zero-order valence-electron chi connectivity index (χ0n) is 41.1. The van der Waals surface area contributed by atoms with Gasteiger partial charge in [0, 0.05) is 48.0 Å². The van der Waals surface area contributed by atoms with Crippen molar-refractivity contribution in [1.82, 2.24) is 38.5 Å². The topological polar surface area (TPSA) is 193 Å². The van der Waals surface area contributed by atoms with Crippen molar-refractivity contribution in [1.29, 1.82) is 0 Å². The van der Waals surface area contributed by atoms with Crippen LogP contribution in [0.3, 0.4) is 0 Å². The largest absolute Gasteiger partial charge is 0.382 e. The van der Waals surface area contributed by atoms with E-state index in [4.69, 9.17) is 21.4 Å². The maximum Gasteiger partial charge on any atom is 0.299 e. The van der Waals surface area contributed by atoms with Gasteiger partial charge in [-0.1, -0.05) is 122 Å². The molecule has 4 aromatic heterocycles. The molecule has 8 aromatic rings. The van der Waals surface area contributed by atoms with Crippen LogP contribution >= 0.6 is 0 Å². The second-order valence-corrected chi connectivity index (χ2v) is 20.1. The summed E-state index contributed by atoms with van der Waals surface area (Å²) < 4.78 is 3.97. The van der Waals surface area contributed by atoms with E-state index in [0.717, 1.165) is 100 Å². The molecule has 368 valence electrons. The van der Waals surface area contributed by atoms with E-state index in [0.29, 0.717) is 29.2 Å². The van der Waals surface area contributed by atoms with Crippen LogP contribution in [0.4, 0.5) is 11.6 Å². The lowest BCUT2D eigenvalue weighted by molar-refractivity contribution is -0.131. The minimum Gasteiger partial charge on any atom is -0.382 e. The van der Waals surface area contributed by atoms with Crippen LogP contribution in [0.15, 0.2) is 147 Å². The average molecular weight is 971 g/mol. The third kappa shape index (κ3) is 8.00. The van der Waals surface area contributed by atoms with Crippen LogP contribution in [0, 0.1) is 23.7 Å². The predicted molar refractivity (Wildman–Crippen MR) is 281 cm³/mol. The van der Waals surface area contributed by atoms with Gasteiger partial charge in [0.05, 0.1) is 12.1 Å². The molecule has 2 amide bonds. The summed E-state index contributed by atoms with van der Waals surface area (Å²) in [6, 6.07) is 34.8. The first-order valence-electron chi connectivity index (χ1n) is 25.0. The highest BCUT2D eigenvalue weighted by Crippen LogP contribution is 2.52. The van der Waals surface area contributed by atoms with Crippen LogP contribution < -0.4 is 11.5 Å². The number of anilines is 2. The van der Waals surface area contributed by atoms with Crippen molar-refractivity contribution in [3.05, 3.63) is 181 Å². The van der Waals surface area contributed by atoms with Crippen LogP contribution in [0.5, 0.6) is 0 Å². The van der Waals surface area contributed by atoms with Gasteiger partial charge in [0.15, 0.2) is 0 Å². The van der Waals surface area contributed by atoms with Gasteiger partial charge >= 0.3 is 0 Å². The molecule has 8 atom stereocenters. The fourth-order valence-corrected chi connectivity index (χ4v) is 12.3. The summed E-state index contributed by atoms with van der Waals surface area (Å²) in [5, 5.41) is 22.5. The molecule has 2 saturated carbocycles. The van der Waals surface area contributed by atoms with Gasteiger partial charge in [0.25, 0.3) is 5.91 Å². The van der Waals surface area contributed by atoms with Crippen molar-refractivity contribution in [3.8, 4) is 34.4 Å². The number of aliphatic hydroxyl groups is 2. The van der Waals surface area contributed by atoms with Crippen molar-refractivity contribution in [2.24, 2.45) is 11.8 Å². The molecule has 14 heteroatoms. The fourth-order valence-electron chi connectivity index (χ4n) is 12.3. The first-order valence-corrected chi connectivity index (χ1v) is 25.0. The van der Waals surface area contributed by atoms with E-state index in [9.17, 15) is 19.8 Å². The van der Waals surface area contributed by atoms with E-state index in [1.54, 1.807) is 33.2 Å². The molecular weight excluding hydrogens is 913 g/mol. The van der Waals surface area contributed by atoms with Gasteiger partial charge in [-0.15, -0.1) is 0 Å². The Morgan fingerprint density at radius 2 is 1.04 bits per heavy atom. The summed E-state index contributed by atoms with van der Waals surface area (Å²) in [5.41, 5.74) is 18.3. The van der Waals surface area contributed by atoms with E-state index >= 15 is 0 Å². The van der Waals surface area contributed by atoms with Crippen LogP contribution in [0.25, 0.3) is 33.5 Å². The lowest BCUT2D eigenvalue weighted by atomic mass is 9.87. The Bertz CT molecular complexity index is 3470. The quantitative estimate of drug-likeness (QED) is 0.0803. The molecule has 73 heavy (non-hydrogen) atoms. The van der Waals surface area contributed by atoms with Crippen molar-refractivity contribution in [3.63, 3.8) is 0 Å². The molecule has 2 aliphatic carbocycles. The number of nitrogens with two attached hydrogens (primary N) is 2. The van der Waals surface area contributed by atoms with E-state index in [1.165, 1.54) is 6.08 Å². The SMILES string of the molecule is C=CC(=O)N1C2CC[C@@H](C2)C1c1nc(-c2ccc(C(C)(O)c3ccccc3)cc2)c2c(N)nccn12.CC#CC(=O)N1C2CC[C@@H](C2)C1c1nc(-c2ccc(C(C)(O)c3ccccc3)cc2)c2c(N)nccn12.